The Morgan fingerprint density at radius 3 is 2.45 bits per heavy atom. The molecule has 0 aliphatic heterocycles. The maximum absolute atomic E-state index is 6.31. The largest absolute Gasteiger partial charge is 0.458 e. The number of hydrogen-bond acceptors (Lipinski definition) is 2. The SMILES string of the molecule is CCOC1(Oc2ccccc2-c2ccccc2)C=CC=CC1. The maximum Gasteiger partial charge on any atom is 0.234 e. The first-order valence-electron chi connectivity index (χ1n) is 7.65. The molecule has 1 aliphatic rings. The fourth-order valence-corrected chi connectivity index (χ4v) is 2.64. The van der Waals surface area contributed by atoms with Gasteiger partial charge in [-0.05, 0) is 24.6 Å². The predicted molar refractivity (Wildman–Crippen MR) is 89.8 cm³/mol. The van der Waals surface area contributed by atoms with Crippen LogP contribution in [0.2, 0.25) is 0 Å². The first-order valence-corrected chi connectivity index (χ1v) is 7.65. The maximum atomic E-state index is 6.31. The number of para-hydroxylation sites is 1. The van der Waals surface area contributed by atoms with E-state index in [4.69, 9.17) is 9.47 Å². The van der Waals surface area contributed by atoms with Crippen molar-refractivity contribution in [3.8, 4) is 16.9 Å². The standard InChI is InChI=1S/C20H20O2/c1-2-21-20(15-9-4-10-16-20)22-19-14-8-7-13-18(19)17-11-5-3-6-12-17/h3-15H,2,16H2,1H3. The van der Waals surface area contributed by atoms with E-state index in [-0.39, 0.29) is 0 Å². The molecule has 2 heteroatoms. The van der Waals surface area contributed by atoms with Gasteiger partial charge in [-0.1, -0.05) is 66.8 Å². The molecule has 2 nitrogen and oxygen atoms in total. The van der Waals surface area contributed by atoms with E-state index in [1.807, 2.05) is 61.5 Å². The van der Waals surface area contributed by atoms with E-state index in [2.05, 4.69) is 24.3 Å². The van der Waals surface area contributed by atoms with Crippen molar-refractivity contribution < 1.29 is 9.47 Å². The Labute approximate surface area is 131 Å². The lowest BCUT2D eigenvalue weighted by atomic mass is 10.0. The third-order valence-electron chi connectivity index (χ3n) is 3.64. The summed E-state index contributed by atoms with van der Waals surface area (Å²) in [5, 5.41) is 0. The lowest BCUT2D eigenvalue weighted by Gasteiger charge is -2.32. The number of hydrogen-bond donors (Lipinski definition) is 0. The van der Waals surface area contributed by atoms with Crippen LogP contribution in [0.15, 0.2) is 78.9 Å². The van der Waals surface area contributed by atoms with E-state index >= 15 is 0 Å². The average Bonchev–Trinajstić information content (AvgIpc) is 2.57. The molecular weight excluding hydrogens is 272 g/mol. The van der Waals surface area contributed by atoms with Crippen LogP contribution in [0.25, 0.3) is 11.1 Å². The smallest absolute Gasteiger partial charge is 0.234 e. The normalized spacial score (nSPS) is 20.0. The molecule has 0 heterocycles. The van der Waals surface area contributed by atoms with E-state index in [9.17, 15) is 0 Å². The van der Waals surface area contributed by atoms with Crippen LogP contribution in [-0.2, 0) is 4.74 Å². The van der Waals surface area contributed by atoms with E-state index < -0.39 is 5.79 Å². The van der Waals surface area contributed by atoms with Crippen LogP contribution in [0.1, 0.15) is 13.3 Å². The number of rotatable bonds is 5. The van der Waals surface area contributed by atoms with Crippen molar-refractivity contribution in [1.29, 1.82) is 0 Å². The second-order valence-corrected chi connectivity index (χ2v) is 5.20. The molecule has 0 bridgehead atoms. The Morgan fingerprint density at radius 2 is 1.73 bits per heavy atom. The summed E-state index contributed by atoms with van der Waals surface area (Å²) >= 11 is 0. The minimum atomic E-state index is -0.714. The summed E-state index contributed by atoms with van der Waals surface area (Å²) in [5.41, 5.74) is 2.21. The van der Waals surface area contributed by atoms with Gasteiger partial charge in [-0.3, -0.25) is 0 Å². The molecule has 0 spiro atoms. The summed E-state index contributed by atoms with van der Waals surface area (Å²) in [6, 6.07) is 18.4. The van der Waals surface area contributed by atoms with E-state index in [0.29, 0.717) is 13.0 Å². The molecule has 2 aromatic carbocycles. The Hall–Kier alpha value is -2.32. The van der Waals surface area contributed by atoms with E-state index in [1.54, 1.807) is 0 Å². The van der Waals surface area contributed by atoms with Gasteiger partial charge in [0.15, 0.2) is 0 Å². The molecule has 0 saturated carbocycles. The zero-order valence-electron chi connectivity index (χ0n) is 12.7. The molecule has 0 aromatic heterocycles. The summed E-state index contributed by atoms with van der Waals surface area (Å²) in [5.74, 6) is 0.121. The topological polar surface area (TPSA) is 18.5 Å². The van der Waals surface area contributed by atoms with Gasteiger partial charge in [-0.2, -0.15) is 0 Å². The first kappa shape index (κ1) is 14.6. The monoisotopic (exact) mass is 292 g/mol. The van der Waals surface area contributed by atoms with Crippen molar-refractivity contribution in [1.82, 2.24) is 0 Å². The second-order valence-electron chi connectivity index (χ2n) is 5.20. The van der Waals surface area contributed by atoms with Crippen molar-refractivity contribution in [2.24, 2.45) is 0 Å². The molecule has 2 aromatic rings. The zero-order valence-corrected chi connectivity index (χ0v) is 12.7. The van der Waals surface area contributed by atoms with Crippen LogP contribution in [0.4, 0.5) is 0 Å². The molecule has 3 rings (SSSR count). The van der Waals surface area contributed by atoms with Gasteiger partial charge < -0.3 is 9.47 Å². The molecule has 0 radical (unpaired) electrons. The highest BCUT2D eigenvalue weighted by Crippen LogP contribution is 2.34. The van der Waals surface area contributed by atoms with Crippen LogP contribution in [0.3, 0.4) is 0 Å². The zero-order chi connectivity index (χ0) is 15.3. The lowest BCUT2D eigenvalue weighted by Crippen LogP contribution is -2.37. The van der Waals surface area contributed by atoms with Crippen LogP contribution < -0.4 is 4.74 Å². The summed E-state index contributed by atoms with van der Waals surface area (Å²) < 4.78 is 12.2. The summed E-state index contributed by atoms with van der Waals surface area (Å²) in [6.07, 6.45) is 8.76. The van der Waals surface area contributed by atoms with Gasteiger partial charge in [-0.15, -0.1) is 0 Å². The molecule has 1 atom stereocenters. The van der Waals surface area contributed by atoms with Gasteiger partial charge in [0.2, 0.25) is 5.79 Å². The van der Waals surface area contributed by atoms with Crippen molar-refractivity contribution >= 4 is 0 Å². The van der Waals surface area contributed by atoms with Gasteiger partial charge in [0, 0.05) is 18.6 Å². The third-order valence-corrected chi connectivity index (χ3v) is 3.64. The predicted octanol–water partition coefficient (Wildman–Crippen LogP) is 4.98. The van der Waals surface area contributed by atoms with Crippen LogP contribution in [-0.4, -0.2) is 12.4 Å². The number of ether oxygens (including phenoxy) is 2. The van der Waals surface area contributed by atoms with Crippen molar-refractivity contribution in [3.63, 3.8) is 0 Å². The highest BCUT2D eigenvalue weighted by atomic mass is 16.7. The molecule has 1 unspecified atom stereocenters. The highest BCUT2D eigenvalue weighted by molar-refractivity contribution is 5.70. The Bertz CT molecular complexity index is 673. The minimum absolute atomic E-state index is 0.603. The Balaban J connectivity index is 1.95. The molecule has 22 heavy (non-hydrogen) atoms. The minimum Gasteiger partial charge on any atom is -0.458 e. The summed E-state index contributed by atoms with van der Waals surface area (Å²) in [6.45, 7) is 2.59. The number of allylic oxidation sites excluding steroid dienone is 2. The first-order chi connectivity index (χ1) is 10.8. The van der Waals surface area contributed by atoms with E-state index in [0.717, 1.165) is 16.9 Å². The van der Waals surface area contributed by atoms with E-state index in [1.165, 1.54) is 0 Å². The molecular formula is C20H20O2. The molecule has 1 aliphatic carbocycles. The fraction of sp³-hybridized carbons (Fsp3) is 0.200. The summed E-state index contributed by atoms with van der Waals surface area (Å²) in [7, 11) is 0. The highest BCUT2D eigenvalue weighted by Gasteiger charge is 2.30. The van der Waals surface area contributed by atoms with Crippen LogP contribution >= 0.6 is 0 Å². The van der Waals surface area contributed by atoms with Crippen LogP contribution in [0, 0.1) is 0 Å². The quantitative estimate of drug-likeness (QED) is 0.723. The molecule has 0 fully saturated rings. The van der Waals surface area contributed by atoms with Gasteiger partial charge in [-0.25, -0.2) is 0 Å². The lowest BCUT2D eigenvalue weighted by molar-refractivity contribution is -0.141. The molecule has 0 saturated heterocycles. The Morgan fingerprint density at radius 1 is 0.955 bits per heavy atom. The Kier molecular flexibility index (Phi) is 4.40. The van der Waals surface area contributed by atoms with Gasteiger partial charge in [0.1, 0.15) is 5.75 Å². The molecule has 0 N–H and O–H groups in total. The van der Waals surface area contributed by atoms with Gasteiger partial charge in [0.05, 0.1) is 0 Å². The van der Waals surface area contributed by atoms with Crippen LogP contribution in [0.5, 0.6) is 5.75 Å². The fourth-order valence-electron chi connectivity index (χ4n) is 2.64. The van der Waals surface area contributed by atoms with Crippen molar-refractivity contribution in [2.45, 2.75) is 19.1 Å². The third kappa shape index (κ3) is 3.12. The average molecular weight is 292 g/mol. The van der Waals surface area contributed by atoms with Gasteiger partial charge >= 0.3 is 0 Å². The number of benzene rings is 2. The molecule has 0 amide bonds. The molecule has 112 valence electrons. The van der Waals surface area contributed by atoms with Crippen molar-refractivity contribution in [2.75, 3.05) is 6.61 Å². The van der Waals surface area contributed by atoms with Crippen molar-refractivity contribution in [3.05, 3.63) is 78.9 Å². The second kappa shape index (κ2) is 6.63. The summed E-state index contributed by atoms with van der Waals surface area (Å²) in [4.78, 5) is 0. The van der Waals surface area contributed by atoms with Gasteiger partial charge in [0.25, 0.3) is 0 Å².